The van der Waals surface area contributed by atoms with Crippen molar-refractivity contribution >= 4 is 12.3 Å². The van der Waals surface area contributed by atoms with Crippen molar-refractivity contribution in [3.63, 3.8) is 0 Å². The highest BCUT2D eigenvalue weighted by Crippen LogP contribution is 2.60. The summed E-state index contributed by atoms with van der Waals surface area (Å²) in [4.78, 5) is 24.2. The first-order valence-electron chi connectivity index (χ1n) is 8.79. The Morgan fingerprint density at radius 3 is 2.52 bits per heavy atom. The molecule has 2 aliphatic carbocycles. The number of rotatable bonds is 3. The standard InChI is InChI=1S/C18H28O5/c1-12-10-17(22-8-9-23-17)11-15-14(12)5-4-13(2)18(15,6-7-19)16(20)21-3/h7,12-15H,4-6,8-11H2,1-3H3/t12-,13-,14-,15+,18-/m1/s1. The maximum atomic E-state index is 12.8. The Kier molecular flexibility index (Phi) is 4.53. The molecule has 0 aromatic carbocycles. The molecule has 5 heteroatoms. The van der Waals surface area contributed by atoms with Gasteiger partial charge in [-0.25, -0.2) is 0 Å². The summed E-state index contributed by atoms with van der Waals surface area (Å²) in [7, 11) is 1.43. The van der Waals surface area contributed by atoms with Gasteiger partial charge < -0.3 is 19.0 Å². The topological polar surface area (TPSA) is 61.8 Å². The van der Waals surface area contributed by atoms with Crippen molar-refractivity contribution in [2.75, 3.05) is 20.3 Å². The molecule has 0 radical (unpaired) electrons. The predicted octanol–water partition coefficient (Wildman–Crippen LogP) is 2.57. The predicted molar refractivity (Wildman–Crippen MR) is 83.5 cm³/mol. The Morgan fingerprint density at radius 1 is 1.22 bits per heavy atom. The van der Waals surface area contributed by atoms with Crippen molar-refractivity contribution < 1.29 is 23.8 Å². The van der Waals surface area contributed by atoms with Crippen LogP contribution in [-0.4, -0.2) is 38.4 Å². The summed E-state index contributed by atoms with van der Waals surface area (Å²) in [6.45, 7) is 5.53. The van der Waals surface area contributed by atoms with Crippen LogP contribution in [0.1, 0.15) is 46.0 Å². The summed E-state index contributed by atoms with van der Waals surface area (Å²) in [5.41, 5.74) is -0.740. The van der Waals surface area contributed by atoms with Crippen molar-refractivity contribution in [3.05, 3.63) is 0 Å². The number of methoxy groups -OCH3 is 1. The zero-order valence-corrected chi connectivity index (χ0v) is 14.4. The molecule has 3 rings (SSSR count). The molecule has 1 saturated heterocycles. The van der Waals surface area contributed by atoms with Crippen LogP contribution in [0.25, 0.3) is 0 Å². The Hall–Kier alpha value is -0.940. The van der Waals surface area contributed by atoms with Crippen molar-refractivity contribution in [2.45, 2.75) is 51.7 Å². The molecule has 0 aromatic heterocycles. The average Bonchev–Trinajstić information content (AvgIpc) is 2.97. The molecule has 1 spiro atoms. The van der Waals surface area contributed by atoms with E-state index in [-0.39, 0.29) is 24.2 Å². The molecule has 0 aromatic rings. The average molecular weight is 324 g/mol. The van der Waals surface area contributed by atoms with E-state index in [0.29, 0.717) is 31.5 Å². The molecule has 0 unspecified atom stereocenters. The second-order valence-corrected chi connectivity index (χ2v) is 7.64. The molecule has 5 nitrogen and oxygen atoms in total. The fourth-order valence-electron chi connectivity index (χ4n) is 5.57. The van der Waals surface area contributed by atoms with Gasteiger partial charge in [-0.15, -0.1) is 0 Å². The molecule has 0 bridgehead atoms. The van der Waals surface area contributed by atoms with Crippen LogP contribution < -0.4 is 0 Å². The number of ether oxygens (including phenoxy) is 3. The normalized spacial score (nSPS) is 42.2. The van der Waals surface area contributed by atoms with Gasteiger partial charge in [-0.1, -0.05) is 13.8 Å². The molecule has 23 heavy (non-hydrogen) atoms. The quantitative estimate of drug-likeness (QED) is 0.590. The fraction of sp³-hybridized carbons (Fsp3) is 0.889. The van der Waals surface area contributed by atoms with E-state index >= 15 is 0 Å². The Morgan fingerprint density at radius 2 is 1.91 bits per heavy atom. The molecule has 3 fully saturated rings. The number of aldehydes is 1. The molecule has 130 valence electrons. The Bertz CT molecular complexity index is 470. The lowest BCUT2D eigenvalue weighted by Crippen LogP contribution is -2.57. The van der Waals surface area contributed by atoms with Crippen LogP contribution in [-0.2, 0) is 23.8 Å². The van der Waals surface area contributed by atoms with Crippen LogP contribution in [0.3, 0.4) is 0 Å². The minimum Gasteiger partial charge on any atom is -0.469 e. The van der Waals surface area contributed by atoms with Crippen molar-refractivity contribution in [1.82, 2.24) is 0 Å². The van der Waals surface area contributed by atoms with Crippen molar-refractivity contribution in [2.24, 2.45) is 29.1 Å². The van der Waals surface area contributed by atoms with E-state index in [1.807, 2.05) is 0 Å². The molecular formula is C18H28O5. The molecule has 2 saturated carbocycles. The van der Waals surface area contributed by atoms with Gasteiger partial charge in [0.1, 0.15) is 6.29 Å². The van der Waals surface area contributed by atoms with Gasteiger partial charge in [0.2, 0.25) is 0 Å². The number of esters is 1. The molecular weight excluding hydrogens is 296 g/mol. The van der Waals surface area contributed by atoms with Crippen LogP contribution in [0.5, 0.6) is 0 Å². The SMILES string of the molecule is COC(=O)[C@]1(CC=O)[C@H](C)CC[C@@H]2[C@H](C)CC3(C[C@@H]21)OCCO3. The zero-order chi connectivity index (χ0) is 16.7. The number of carbonyl (C=O) groups excluding carboxylic acids is 2. The molecule has 3 aliphatic rings. The first-order chi connectivity index (χ1) is 11.0. The summed E-state index contributed by atoms with van der Waals surface area (Å²) in [5, 5.41) is 0. The fourth-order valence-corrected chi connectivity index (χ4v) is 5.57. The highest BCUT2D eigenvalue weighted by Gasteiger charge is 2.61. The van der Waals surface area contributed by atoms with E-state index in [4.69, 9.17) is 14.2 Å². The maximum Gasteiger partial charge on any atom is 0.312 e. The minimum atomic E-state index is -0.740. The van der Waals surface area contributed by atoms with Crippen LogP contribution in [0.15, 0.2) is 0 Å². The lowest BCUT2D eigenvalue weighted by molar-refractivity contribution is -0.234. The van der Waals surface area contributed by atoms with E-state index in [1.54, 1.807) is 0 Å². The maximum absolute atomic E-state index is 12.8. The van der Waals surface area contributed by atoms with E-state index < -0.39 is 11.2 Å². The van der Waals surface area contributed by atoms with Crippen LogP contribution in [0.4, 0.5) is 0 Å². The lowest BCUT2D eigenvalue weighted by atomic mass is 9.49. The van der Waals surface area contributed by atoms with Gasteiger partial charge in [0.05, 0.1) is 25.7 Å². The number of hydrogen-bond acceptors (Lipinski definition) is 5. The highest BCUT2D eigenvalue weighted by molar-refractivity contribution is 5.81. The Balaban J connectivity index is 2.01. The van der Waals surface area contributed by atoms with Crippen LogP contribution >= 0.6 is 0 Å². The third-order valence-electron chi connectivity index (χ3n) is 6.69. The van der Waals surface area contributed by atoms with Gasteiger partial charge in [-0.2, -0.15) is 0 Å². The molecule has 5 atom stereocenters. The third kappa shape index (κ3) is 2.52. The largest absolute Gasteiger partial charge is 0.469 e. The van der Waals surface area contributed by atoms with E-state index in [9.17, 15) is 9.59 Å². The first kappa shape index (κ1) is 16.9. The van der Waals surface area contributed by atoms with Gasteiger partial charge in [-0.3, -0.25) is 4.79 Å². The molecule has 0 N–H and O–H groups in total. The smallest absolute Gasteiger partial charge is 0.312 e. The summed E-state index contributed by atoms with van der Waals surface area (Å²) in [5.74, 6) is 0.225. The van der Waals surface area contributed by atoms with Gasteiger partial charge >= 0.3 is 5.97 Å². The van der Waals surface area contributed by atoms with Crippen LogP contribution in [0, 0.1) is 29.1 Å². The minimum absolute atomic E-state index is 0.0748. The lowest BCUT2D eigenvalue weighted by Gasteiger charge is -2.56. The van der Waals surface area contributed by atoms with Crippen molar-refractivity contribution in [3.8, 4) is 0 Å². The molecule has 0 amide bonds. The van der Waals surface area contributed by atoms with Gasteiger partial charge in [-0.05, 0) is 36.5 Å². The van der Waals surface area contributed by atoms with E-state index in [0.717, 1.165) is 25.5 Å². The monoisotopic (exact) mass is 324 g/mol. The van der Waals surface area contributed by atoms with Crippen molar-refractivity contribution in [1.29, 1.82) is 0 Å². The second-order valence-electron chi connectivity index (χ2n) is 7.64. The summed E-state index contributed by atoms with van der Waals surface area (Å²) in [6.07, 6.45) is 4.74. The molecule has 1 heterocycles. The van der Waals surface area contributed by atoms with Crippen LogP contribution in [0.2, 0.25) is 0 Å². The summed E-state index contributed by atoms with van der Waals surface area (Å²) in [6, 6.07) is 0. The van der Waals surface area contributed by atoms with Gasteiger partial charge in [0.25, 0.3) is 0 Å². The number of fused-ring (bicyclic) bond motifs is 1. The first-order valence-corrected chi connectivity index (χ1v) is 8.79. The summed E-state index contributed by atoms with van der Waals surface area (Å²) < 4.78 is 17.1. The summed E-state index contributed by atoms with van der Waals surface area (Å²) >= 11 is 0. The van der Waals surface area contributed by atoms with Gasteiger partial charge in [0.15, 0.2) is 5.79 Å². The highest BCUT2D eigenvalue weighted by atomic mass is 16.7. The third-order valence-corrected chi connectivity index (χ3v) is 6.69. The van der Waals surface area contributed by atoms with E-state index in [2.05, 4.69) is 13.8 Å². The van der Waals surface area contributed by atoms with Gasteiger partial charge in [0, 0.05) is 19.3 Å². The number of carbonyl (C=O) groups is 2. The molecule has 1 aliphatic heterocycles. The zero-order valence-electron chi connectivity index (χ0n) is 14.4. The second kappa shape index (κ2) is 6.17. The number of hydrogen-bond donors (Lipinski definition) is 0. The Labute approximate surface area is 138 Å². The van der Waals surface area contributed by atoms with E-state index in [1.165, 1.54) is 7.11 Å².